The van der Waals surface area contributed by atoms with E-state index in [2.05, 4.69) is 21.2 Å². The van der Waals surface area contributed by atoms with Gasteiger partial charge in [0.1, 0.15) is 24.5 Å². The summed E-state index contributed by atoms with van der Waals surface area (Å²) < 4.78 is 18.0. The van der Waals surface area contributed by atoms with Crippen molar-refractivity contribution in [3.8, 4) is 17.2 Å². The van der Waals surface area contributed by atoms with E-state index in [-0.39, 0.29) is 12.2 Å². The predicted octanol–water partition coefficient (Wildman–Crippen LogP) is 5.59. The maximum atomic E-state index is 13.2. The van der Waals surface area contributed by atoms with Crippen molar-refractivity contribution in [2.24, 2.45) is 0 Å². The van der Waals surface area contributed by atoms with E-state index in [0.717, 1.165) is 21.8 Å². The summed E-state index contributed by atoms with van der Waals surface area (Å²) in [6.45, 7) is 6.66. The summed E-state index contributed by atoms with van der Waals surface area (Å²) in [5.41, 5.74) is 2.73. The normalized spacial score (nSPS) is 14.5. The van der Waals surface area contributed by atoms with Gasteiger partial charge < -0.3 is 14.2 Å². The van der Waals surface area contributed by atoms with E-state index in [1.807, 2.05) is 51.1 Å². The van der Waals surface area contributed by atoms with Crippen LogP contribution in [0.25, 0.3) is 6.08 Å². The number of imide groups is 2. The average Bonchev–Trinajstić information content (AvgIpc) is 2.87. The highest BCUT2D eigenvalue weighted by molar-refractivity contribution is 9.10. The molecule has 0 bridgehead atoms. The van der Waals surface area contributed by atoms with E-state index in [4.69, 9.17) is 14.2 Å². The van der Waals surface area contributed by atoms with Gasteiger partial charge in [-0.2, -0.15) is 0 Å². The molecule has 8 nitrogen and oxygen atoms in total. The first-order valence-electron chi connectivity index (χ1n) is 12.0. The summed E-state index contributed by atoms with van der Waals surface area (Å²) in [4.78, 5) is 39.3. The van der Waals surface area contributed by atoms with E-state index in [1.165, 1.54) is 6.08 Å². The van der Waals surface area contributed by atoms with Crippen LogP contribution in [0.3, 0.4) is 0 Å². The van der Waals surface area contributed by atoms with E-state index >= 15 is 0 Å². The molecule has 0 unspecified atom stereocenters. The second kappa shape index (κ2) is 12.0. The molecule has 0 aliphatic carbocycles. The van der Waals surface area contributed by atoms with E-state index in [0.29, 0.717) is 40.4 Å². The van der Waals surface area contributed by atoms with Crippen LogP contribution in [0.5, 0.6) is 17.2 Å². The van der Waals surface area contributed by atoms with Crippen molar-refractivity contribution in [2.75, 3.05) is 24.7 Å². The van der Waals surface area contributed by atoms with Crippen molar-refractivity contribution in [1.82, 2.24) is 5.32 Å². The van der Waals surface area contributed by atoms with Crippen LogP contribution in [0.1, 0.15) is 23.6 Å². The first-order valence-corrected chi connectivity index (χ1v) is 12.8. The molecule has 196 valence electrons. The van der Waals surface area contributed by atoms with Crippen molar-refractivity contribution in [2.45, 2.75) is 20.8 Å². The zero-order chi connectivity index (χ0) is 27.2. The summed E-state index contributed by atoms with van der Waals surface area (Å²) in [6.07, 6.45) is 1.42. The number of hydrogen-bond acceptors (Lipinski definition) is 6. The third-order valence-electron chi connectivity index (χ3n) is 5.62. The van der Waals surface area contributed by atoms with Gasteiger partial charge in [-0.05, 0) is 90.3 Å². The molecule has 4 rings (SSSR count). The van der Waals surface area contributed by atoms with Gasteiger partial charge in [-0.1, -0.05) is 29.8 Å². The number of carbonyl (C=O) groups is 3. The Morgan fingerprint density at radius 1 is 0.895 bits per heavy atom. The first kappa shape index (κ1) is 26.9. The molecule has 0 radical (unpaired) electrons. The molecule has 1 aliphatic heterocycles. The Kier molecular flexibility index (Phi) is 8.48. The standard InChI is InChI=1S/C29H27BrN2O6/c1-4-36-25-17-20(16-24(30)26(25)38-13-12-37-22-10-8-18(2)9-11-22)15-23-27(33)31-29(35)32(28(23)34)21-7-5-6-19(3)14-21/h5-11,14-17H,4,12-13H2,1-3H3,(H,31,33,35)/b23-15-. The molecule has 1 N–H and O–H groups in total. The van der Waals surface area contributed by atoms with E-state index in [9.17, 15) is 14.4 Å². The molecular weight excluding hydrogens is 552 g/mol. The predicted molar refractivity (Wildman–Crippen MR) is 148 cm³/mol. The Hall–Kier alpha value is -4.11. The van der Waals surface area contributed by atoms with E-state index in [1.54, 1.807) is 30.3 Å². The minimum absolute atomic E-state index is 0.180. The molecule has 1 fully saturated rings. The molecule has 0 atom stereocenters. The van der Waals surface area contributed by atoms with Gasteiger partial charge in [-0.25, -0.2) is 9.69 Å². The molecular formula is C29H27BrN2O6. The smallest absolute Gasteiger partial charge is 0.335 e. The zero-order valence-corrected chi connectivity index (χ0v) is 22.8. The van der Waals surface area contributed by atoms with Crippen LogP contribution in [-0.4, -0.2) is 37.7 Å². The van der Waals surface area contributed by atoms with Crippen LogP contribution in [0, 0.1) is 13.8 Å². The van der Waals surface area contributed by atoms with Crippen LogP contribution in [0.2, 0.25) is 0 Å². The SMILES string of the molecule is CCOc1cc(/C=C2/C(=O)NC(=O)N(c3cccc(C)c3)C2=O)cc(Br)c1OCCOc1ccc(C)cc1. The maximum Gasteiger partial charge on any atom is 0.335 e. The van der Waals surface area contributed by atoms with Crippen molar-refractivity contribution in [3.05, 3.63) is 87.4 Å². The third kappa shape index (κ3) is 6.23. The molecule has 4 amide bonds. The van der Waals surface area contributed by atoms with Crippen molar-refractivity contribution >= 4 is 45.5 Å². The molecule has 1 heterocycles. The van der Waals surface area contributed by atoms with Crippen LogP contribution in [0.4, 0.5) is 10.5 Å². The fourth-order valence-corrected chi connectivity index (χ4v) is 4.41. The Bertz CT molecular complexity index is 1400. The number of amides is 4. The monoisotopic (exact) mass is 578 g/mol. The summed E-state index contributed by atoms with van der Waals surface area (Å²) in [6, 6.07) is 17.2. The third-order valence-corrected chi connectivity index (χ3v) is 6.21. The van der Waals surface area contributed by atoms with Crippen LogP contribution in [-0.2, 0) is 9.59 Å². The van der Waals surface area contributed by atoms with Gasteiger partial charge in [0.05, 0.1) is 16.8 Å². The van der Waals surface area contributed by atoms with Gasteiger partial charge in [-0.15, -0.1) is 0 Å². The Balaban J connectivity index is 1.55. The Labute approximate surface area is 229 Å². The lowest BCUT2D eigenvalue weighted by molar-refractivity contribution is -0.122. The number of carbonyl (C=O) groups excluding carboxylic acids is 3. The zero-order valence-electron chi connectivity index (χ0n) is 21.2. The number of nitrogens with one attached hydrogen (secondary N) is 1. The number of nitrogens with zero attached hydrogens (tertiary/aromatic N) is 1. The van der Waals surface area contributed by atoms with Gasteiger partial charge in [0.15, 0.2) is 11.5 Å². The Morgan fingerprint density at radius 2 is 1.63 bits per heavy atom. The van der Waals surface area contributed by atoms with Gasteiger partial charge in [-0.3, -0.25) is 14.9 Å². The highest BCUT2D eigenvalue weighted by Gasteiger charge is 2.37. The largest absolute Gasteiger partial charge is 0.490 e. The molecule has 0 spiro atoms. The highest BCUT2D eigenvalue weighted by Crippen LogP contribution is 2.38. The number of urea groups is 1. The minimum atomic E-state index is -0.796. The number of benzene rings is 3. The fraction of sp³-hybridized carbons (Fsp3) is 0.207. The van der Waals surface area contributed by atoms with Gasteiger partial charge in [0.25, 0.3) is 11.8 Å². The summed E-state index contributed by atoms with van der Waals surface area (Å²) in [5, 5.41) is 2.24. The number of anilines is 1. The lowest BCUT2D eigenvalue weighted by atomic mass is 10.1. The molecule has 1 aliphatic rings. The topological polar surface area (TPSA) is 94.2 Å². The average molecular weight is 579 g/mol. The fourth-order valence-electron chi connectivity index (χ4n) is 3.84. The van der Waals surface area contributed by atoms with Gasteiger partial charge >= 0.3 is 6.03 Å². The maximum absolute atomic E-state index is 13.2. The number of barbiturate groups is 1. The quantitative estimate of drug-likeness (QED) is 0.202. The summed E-state index contributed by atoms with van der Waals surface area (Å²) >= 11 is 3.51. The molecule has 0 aromatic heterocycles. The molecule has 9 heteroatoms. The molecule has 0 saturated carbocycles. The second-order valence-electron chi connectivity index (χ2n) is 8.57. The minimum Gasteiger partial charge on any atom is -0.490 e. The number of ether oxygens (including phenoxy) is 3. The van der Waals surface area contributed by atoms with Crippen LogP contribution >= 0.6 is 15.9 Å². The van der Waals surface area contributed by atoms with E-state index < -0.39 is 17.8 Å². The van der Waals surface area contributed by atoms with Crippen molar-refractivity contribution in [1.29, 1.82) is 0 Å². The van der Waals surface area contributed by atoms with Crippen molar-refractivity contribution in [3.63, 3.8) is 0 Å². The van der Waals surface area contributed by atoms with Gasteiger partial charge in [0, 0.05) is 0 Å². The van der Waals surface area contributed by atoms with Gasteiger partial charge in [0.2, 0.25) is 0 Å². The molecule has 38 heavy (non-hydrogen) atoms. The van der Waals surface area contributed by atoms with Crippen molar-refractivity contribution < 1.29 is 28.6 Å². The lowest BCUT2D eigenvalue weighted by Gasteiger charge is -2.26. The summed E-state index contributed by atoms with van der Waals surface area (Å²) in [7, 11) is 0. The molecule has 1 saturated heterocycles. The molecule has 3 aromatic rings. The number of rotatable bonds is 9. The molecule has 3 aromatic carbocycles. The van der Waals surface area contributed by atoms with Crippen LogP contribution < -0.4 is 24.4 Å². The second-order valence-corrected chi connectivity index (χ2v) is 9.42. The van der Waals surface area contributed by atoms with Crippen LogP contribution in [0.15, 0.2) is 70.7 Å². The number of hydrogen-bond donors (Lipinski definition) is 1. The lowest BCUT2D eigenvalue weighted by Crippen LogP contribution is -2.54. The first-order chi connectivity index (χ1) is 18.3. The number of aryl methyl sites for hydroxylation is 2. The summed E-state index contributed by atoms with van der Waals surface area (Å²) in [5.74, 6) is 0.161. The highest BCUT2D eigenvalue weighted by atomic mass is 79.9. The Morgan fingerprint density at radius 3 is 2.34 bits per heavy atom. The number of halogens is 1.